The minimum absolute atomic E-state index is 0.378. The number of benzene rings is 2. The summed E-state index contributed by atoms with van der Waals surface area (Å²) in [6, 6.07) is 14.1. The summed E-state index contributed by atoms with van der Waals surface area (Å²) in [5.74, 6) is -0.563. The third-order valence-corrected chi connectivity index (χ3v) is 4.78. The molecule has 0 aromatic heterocycles. The van der Waals surface area contributed by atoms with Crippen LogP contribution in [-0.2, 0) is 4.74 Å². The van der Waals surface area contributed by atoms with Gasteiger partial charge in [-0.3, -0.25) is 4.79 Å². The zero-order valence-electron chi connectivity index (χ0n) is 14.9. The molecule has 0 bridgehead atoms. The Morgan fingerprint density at radius 2 is 1.89 bits per heavy atom. The lowest BCUT2D eigenvalue weighted by Crippen LogP contribution is -2.56. The highest BCUT2D eigenvalue weighted by Crippen LogP contribution is 2.34. The van der Waals surface area contributed by atoms with Crippen LogP contribution in [0.5, 0.6) is 5.75 Å². The second kappa shape index (κ2) is 8.06. The first-order valence-electron chi connectivity index (χ1n) is 8.70. The van der Waals surface area contributed by atoms with E-state index in [4.69, 9.17) is 15.2 Å². The van der Waals surface area contributed by atoms with Crippen LogP contribution in [0.15, 0.2) is 48.5 Å². The van der Waals surface area contributed by atoms with Crippen LogP contribution >= 0.6 is 0 Å². The minimum Gasteiger partial charge on any atom is -0.464 e. The van der Waals surface area contributed by atoms with Gasteiger partial charge in [0.25, 0.3) is 0 Å². The smallest absolute Gasteiger partial charge is 0.248 e. The van der Waals surface area contributed by atoms with Crippen LogP contribution in [0.3, 0.4) is 0 Å². The summed E-state index contributed by atoms with van der Waals surface area (Å²) in [7, 11) is 0. The van der Waals surface area contributed by atoms with Gasteiger partial charge in [-0.25, -0.2) is 0 Å². The molecule has 1 aliphatic heterocycles. The van der Waals surface area contributed by atoms with Crippen LogP contribution in [0.25, 0.3) is 11.1 Å². The maximum Gasteiger partial charge on any atom is 0.248 e. The molecule has 27 heavy (non-hydrogen) atoms. The first kappa shape index (κ1) is 19.3. The van der Waals surface area contributed by atoms with Crippen LogP contribution in [-0.4, -0.2) is 52.4 Å². The number of amides is 1. The van der Waals surface area contributed by atoms with Gasteiger partial charge in [0.05, 0.1) is 12.7 Å². The number of hydrogen-bond donors (Lipinski definition) is 4. The molecule has 1 amide bonds. The Morgan fingerprint density at radius 1 is 1.15 bits per heavy atom. The fourth-order valence-electron chi connectivity index (χ4n) is 3.13. The second-order valence-corrected chi connectivity index (χ2v) is 6.62. The number of aliphatic hydroxyl groups excluding tert-OH is 3. The maximum absolute atomic E-state index is 11.5. The van der Waals surface area contributed by atoms with Gasteiger partial charge in [0.1, 0.15) is 18.0 Å². The molecule has 1 fully saturated rings. The number of rotatable bonds is 5. The molecule has 0 spiro atoms. The van der Waals surface area contributed by atoms with Crippen molar-refractivity contribution in [3.63, 3.8) is 0 Å². The van der Waals surface area contributed by atoms with Crippen molar-refractivity contribution in [2.75, 3.05) is 6.61 Å². The molecule has 144 valence electrons. The monoisotopic (exact) mass is 373 g/mol. The van der Waals surface area contributed by atoms with Crippen molar-refractivity contribution in [1.82, 2.24) is 0 Å². The number of ether oxygens (including phenoxy) is 2. The van der Waals surface area contributed by atoms with Crippen molar-refractivity contribution in [2.45, 2.75) is 31.5 Å². The number of nitrogens with two attached hydrogens (primary N) is 1. The molecule has 5 atom stereocenters. The molecule has 7 heteroatoms. The van der Waals surface area contributed by atoms with E-state index in [1.165, 1.54) is 0 Å². The molecule has 7 nitrogen and oxygen atoms in total. The molecule has 1 aliphatic rings. The summed E-state index contributed by atoms with van der Waals surface area (Å²) >= 11 is 0. The molecule has 3 rings (SSSR count). The molecule has 0 radical (unpaired) electrons. The fourth-order valence-corrected chi connectivity index (χ4v) is 3.13. The Hall–Kier alpha value is -2.45. The van der Waals surface area contributed by atoms with Crippen molar-refractivity contribution in [2.24, 2.45) is 11.7 Å². The number of aliphatic hydroxyl groups is 3. The zero-order chi connectivity index (χ0) is 19.6. The second-order valence-electron chi connectivity index (χ2n) is 6.62. The van der Waals surface area contributed by atoms with Gasteiger partial charge in [0, 0.05) is 17.0 Å². The largest absolute Gasteiger partial charge is 0.464 e. The average Bonchev–Trinajstić information content (AvgIpc) is 2.69. The van der Waals surface area contributed by atoms with E-state index < -0.39 is 43.0 Å². The summed E-state index contributed by atoms with van der Waals surface area (Å²) < 4.78 is 11.6. The van der Waals surface area contributed by atoms with Crippen molar-refractivity contribution in [1.29, 1.82) is 0 Å². The Balaban J connectivity index is 1.90. The quantitative estimate of drug-likeness (QED) is 0.618. The molecule has 1 heterocycles. The van der Waals surface area contributed by atoms with E-state index in [-0.39, 0.29) is 0 Å². The molecule has 1 saturated heterocycles. The van der Waals surface area contributed by atoms with E-state index in [9.17, 15) is 20.1 Å². The Labute approximate surface area is 157 Å². The normalized spacial score (nSPS) is 27.9. The Bertz CT molecular complexity index is 809. The van der Waals surface area contributed by atoms with Gasteiger partial charge in [-0.1, -0.05) is 37.3 Å². The summed E-state index contributed by atoms with van der Waals surface area (Å²) in [5.41, 5.74) is 7.20. The molecule has 2 unspecified atom stereocenters. The van der Waals surface area contributed by atoms with Gasteiger partial charge >= 0.3 is 0 Å². The fraction of sp³-hybridized carbons (Fsp3) is 0.350. The van der Waals surface area contributed by atoms with E-state index in [2.05, 4.69) is 0 Å². The molecule has 0 aliphatic carbocycles. The van der Waals surface area contributed by atoms with Crippen LogP contribution < -0.4 is 10.5 Å². The number of hydrogen-bond acceptors (Lipinski definition) is 6. The number of primary amides is 1. The minimum atomic E-state index is -1.19. The number of carbonyl (C=O) groups excluding carboxylic acids is 1. The van der Waals surface area contributed by atoms with Gasteiger partial charge < -0.3 is 30.5 Å². The maximum atomic E-state index is 11.5. The summed E-state index contributed by atoms with van der Waals surface area (Å²) in [6.07, 6.45) is -4.08. The zero-order valence-corrected chi connectivity index (χ0v) is 14.9. The third kappa shape index (κ3) is 3.96. The predicted molar refractivity (Wildman–Crippen MR) is 97.9 cm³/mol. The highest BCUT2D eigenvalue weighted by molar-refractivity contribution is 5.94. The van der Waals surface area contributed by atoms with Crippen molar-refractivity contribution >= 4 is 5.91 Å². The standard InChI is InChI=1S/C20H23NO6/c1-11-17(23)18(24)16(10-22)27-20(11)26-15-8-3-2-7-14(15)12-5-4-6-13(9-12)19(21)25/h2-9,11,16-18,20,22-24H,10H2,1H3,(H2,21,25)/t11?,16?,17-,18+,20-/m1/s1. The van der Waals surface area contributed by atoms with E-state index >= 15 is 0 Å². The first-order chi connectivity index (χ1) is 12.9. The van der Waals surface area contributed by atoms with Crippen molar-refractivity contribution in [3.8, 4) is 16.9 Å². The van der Waals surface area contributed by atoms with E-state index in [0.717, 1.165) is 11.1 Å². The Morgan fingerprint density at radius 3 is 2.59 bits per heavy atom. The lowest BCUT2D eigenvalue weighted by Gasteiger charge is -2.40. The van der Waals surface area contributed by atoms with E-state index in [1.807, 2.05) is 18.2 Å². The topological polar surface area (TPSA) is 122 Å². The SMILES string of the molecule is CC1[C@H](Oc2ccccc2-c2cccc(C(N)=O)c2)OC(CO)[C@H](O)[C@@H]1O. The molecule has 0 saturated carbocycles. The van der Waals surface area contributed by atoms with E-state index in [0.29, 0.717) is 11.3 Å². The van der Waals surface area contributed by atoms with Crippen molar-refractivity contribution < 1.29 is 29.6 Å². The lowest BCUT2D eigenvalue weighted by atomic mass is 9.92. The predicted octanol–water partition coefficient (Wildman–Crippen LogP) is 0.906. The first-order valence-corrected chi connectivity index (χ1v) is 8.70. The van der Waals surface area contributed by atoms with Gasteiger partial charge in [-0.15, -0.1) is 0 Å². The van der Waals surface area contributed by atoms with Gasteiger partial charge in [-0.2, -0.15) is 0 Å². The average molecular weight is 373 g/mol. The summed E-state index contributed by atoms with van der Waals surface area (Å²) in [6.45, 7) is 1.26. The van der Waals surface area contributed by atoms with E-state index in [1.54, 1.807) is 37.3 Å². The van der Waals surface area contributed by atoms with Crippen LogP contribution in [0, 0.1) is 5.92 Å². The molecular formula is C20H23NO6. The van der Waals surface area contributed by atoms with Gasteiger partial charge in [0.2, 0.25) is 12.2 Å². The summed E-state index contributed by atoms with van der Waals surface area (Å²) in [4.78, 5) is 11.5. The van der Waals surface area contributed by atoms with Crippen molar-refractivity contribution in [3.05, 3.63) is 54.1 Å². The molecular weight excluding hydrogens is 350 g/mol. The Kier molecular flexibility index (Phi) is 5.76. The van der Waals surface area contributed by atoms with Crippen LogP contribution in [0.1, 0.15) is 17.3 Å². The van der Waals surface area contributed by atoms with Gasteiger partial charge in [-0.05, 0) is 23.8 Å². The number of para-hydroxylation sites is 1. The summed E-state index contributed by atoms with van der Waals surface area (Å²) in [5, 5.41) is 29.5. The molecule has 2 aromatic carbocycles. The lowest BCUT2D eigenvalue weighted by molar-refractivity contribution is -0.256. The molecule has 5 N–H and O–H groups in total. The van der Waals surface area contributed by atoms with Gasteiger partial charge in [0.15, 0.2) is 0 Å². The molecule has 2 aromatic rings. The van der Waals surface area contributed by atoms with Crippen LogP contribution in [0.2, 0.25) is 0 Å². The highest BCUT2D eigenvalue weighted by Gasteiger charge is 2.43. The highest BCUT2D eigenvalue weighted by atomic mass is 16.7. The third-order valence-electron chi connectivity index (χ3n) is 4.78. The number of carbonyl (C=O) groups is 1. The van der Waals surface area contributed by atoms with Crippen LogP contribution in [0.4, 0.5) is 0 Å².